The van der Waals surface area contributed by atoms with E-state index >= 15 is 0 Å². The predicted molar refractivity (Wildman–Crippen MR) is 52.9 cm³/mol. The van der Waals surface area contributed by atoms with Crippen molar-refractivity contribution in [3.05, 3.63) is 0 Å². The van der Waals surface area contributed by atoms with Gasteiger partial charge in [-0.05, 0) is 6.92 Å². The number of nitrogens with zero attached hydrogens (tertiary/aromatic N) is 1. The summed E-state index contributed by atoms with van der Waals surface area (Å²) in [7, 11) is 0. The molecule has 5 heteroatoms. The largest absolute Gasteiger partial charge is 0.361 e. The minimum absolute atomic E-state index is 0. The zero-order chi connectivity index (χ0) is 8.97. The lowest BCUT2D eigenvalue weighted by molar-refractivity contribution is -0.117. The lowest BCUT2D eigenvalue weighted by atomic mass is 10.3. The summed E-state index contributed by atoms with van der Waals surface area (Å²) in [5, 5.41) is 0. The minimum atomic E-state index is -0.175. The van der Waals surface area contributed by atoms with E-state index in [9.17, 15) is 4.79 Å². The van der Waals surface area contributed by atoms with Crippen molar-refractivity contribution in [3.63, 3.8) is 0 Å². The van der Waals surface area contributed by atoms with Gasteiger partial charge in [-0.15, -0.1) is 12.4 Å². The van der Waals surface area contributed by atoms with E-state index in [0.29, 0.717) is 13.0 Å². The molecule has 0 aromatic rings. The Balaban J connectivity index is 0.00000144. The first-order valence-corrected chi connectivity index (χ1v) is 4.27. The lowest BCUT2D eigenvalue weighted by Gasteiger charge is -2.30. The molecular formula is C8H17ClN2O2. The molecule has 0 aliphatic carbocycles. The maximum Gasteiger partial charge on any atom is 0.131 e. The zero-order valence-electron chi connectivity index (χ0n) is 7.86. The van der Waals surface area contributed by atoms with Crippen molar-refractivity contribution >= 4 is 18.2 Å². The second kappa shape index (κ2) is 6.32. The van der Waals surface area contributed by atoms with Crippen molar-refractivity contribution in [2.24, 2.45) is 5.73 Å². The molecule has 4 nitrogen and oxygen atoms in total. The van der Waals surface area contributed by atoms with Gasteiger partial charge in [0, 0.05) is 26.1 Å². The number of halogens is 1. The Morgan fingerprint density at radius 3 is 2.92 bits per heavy atom. The molecule has 0 radical (unpaired) electrons. The zero-order valence-corrected chi connectivity index (χ0v) is 8.68. The van der Waals surface area contributed by atoms with Crippen molar-refractivity contribution in [1.82, 2.24) is 4.90 Å². The molecule has 0 saturated carbocycles. The van der Waals surface area contributed by atoms with Crippen LogP contribution in [-0.4, -0.2) is 43.2 Å². The smallest absolute Gasteiger partial charge is 0.131 e. The topological polar surface area (TPSA) is 55.6 Å². The number of nitrogens with two attached hydrogens (primary N) is 1. The highest BCUT2D eigenvalue weighted by molar-refractivity contribution is 5.85. The molecule has 13 heavy (non-hydrogen) atoms. The average molecular weight is 209 g/mol. The highest BCUT2D eigenvalue weighted by atomic mass is 35.5. The second-order valence-electron chi connectivity index (χ2n) is 3.16. The third-order valence-corrected chi connectivity index (χ3v) is 1.96. The van der Waals surface area contributed by atoms with E-state index in [1.807, 2.05) is 0 Å². The molecule has 0 amide bonds. The van der Waals surface area contributed by atoms with Gasteiger partial charge < -0.3 is 10.5 Å². The minimum Gasteiger partial charge on any atom is -0.361 e. The van der Waals surface area contributed by atoms with Crippen LogP contribution in [0.5, 0.6) is 0 Å². The van der Waals surface area contributed by atoms with E-state index in [-0.39, 0.29) is 24.4 Å². The maximum absolute atomic E-state index is 10.7. The van der Waals surface area contributed by atoms with Gasteiger partial charge in [0.25, 0.3) is 0 Å². The summed E-state index contributed by atoms with van der Waals surface area (Å²) in [6, 6.07) is 0. The van der Waals surface area contributed by atoms with Crippen molar-refractivity contribution in [3.8, 4) is 0 Å². The van der Waals surface area contributed by atoms with Gasteiger partial charge >= 0.3 is 0 Å². The number of carbonyl (C=O) groups excluding carboxylic acids is 1. The molecule has 0 aromatic carbocycles. The van der Waals surface area contributed by atoms with Gasteiger partial charge in [0.1, 0.15) is 12.0 Å². The van der Waals surface area contributed by atoms with Crippen LogP contribution < -0.4 is 5.73 Å². The standard InChI is InChI=1S/C8H16N2O2.ClH/c1-7(11)2-3-10-4-5-12-8(9)6-10;/h8H,2-6,9H2,1H3;1H. The Labute approximate surface area is 84.8 Å². The van der Waals surface area contributed by atoms with Crippen LogP contribution in [0.1, 0.15) is 13.3 Å². The van der Waals surface area contributed by atoms with E-state index < -0.39 is 0 Å². The lowest BCUT2D eigenvalue weighted by Crippen LogP contribution is -2.47. The van der Waals surface area contributed by atoms with E-state index in [1.165, 1.54) is 0 Å². The van der Waals surface area contributed by atoms with Gasteiger partial charge in [0.15, 0.2) is 0 Å². The number of hydrogen-bond acceptors (Lipinski definition) is 4. The third kappa shape index (κ3) is 5.21. The summed E-state index contributed by atoms with van der Waals surface area (Å²) < 4.78 is 5.17. The molecule has 1 heterocycles. The Hall–Kier alpha value is -0.160. The van der Waals surface area contributed by atoms with E-state index in [0.717, 1.165) is 19.6 Å². The number of rotatable bonds is 3. The van der Waals surface area contributed by atoms with Crippen LogP contribution in [0.15, 0.2) is 0 Å². The number of hydrogen-bond donors (Lipinski definition) is 1. The summed E-state index contributed by atoms with van der Waals surface area (Å²) in [6.07, 6.45) is 0.443. The SMILES string of the molecule is CC(=O)CCN1CCOC(N)C1.Cl. The quantitative estimate of drug-likeness (QED) is 0.710. The average Bonchev–Trinajstić information content (AvgIpc) is 2.01. The Kier molecular flexibility index (Phi) is 6.24. The van der Waals surface area contributed by atoms with Crippen LogP contribution in [0.25, 0.3) is 0 Å². The molecule has 1 aliphatic rings. The molecule has 1 atom stereocenters. The third-order valence-electron chi connectivity index (χ3n) is 1.96. The first-order chi connectivity index (χ1) is 5.68. The molecule has 1 rings (SSSR count). The number of carbonyl (C=O) groups is 1. The number of Topliss-reactive ketones (excluding diaryl/α,β-unsaturated/α-hetero) is 1. The Morgan fingerprint density at radius 1 is 1.69 bits per heavy atom. The normalized spacial score (nSPS) is 23.7. The van der Waals surface area contributed by atoms with Crippen LogP contribution in [0.3, 0.4) is 0 Å². The van der Waals surface area contributed by atoms with Crippen LogP contribution in [0, 0.1) is 0 Å². The molecule has 0 bridgehead atoms. The Bertz CT molecular complexity index is 166. The second-order valence-corrected chi connectivity index (χ2v) is 3.16. The fraction of sp³-hybridized carbons (Fsp3) is 0.875. The van der Waals surface area contributed by atoms with Crippen LogP contribution in [-0.2, 0) is 9.53 Å². The van der Waals surface area contributed by atoms with Gasteiger partial charge in [-0.3, -0.25) is 9.69 Å². The van der Waals surface area contributed by atoms with Gasteiger partial charge in [0.2, 0.25) is 0 Å². The van der Waals surface area contributed by atoms with Crippen molar-refractivity contribution < 1.29 is 9.53 Å². The highest BCUT2D eigenvalue weighted by Gasteiger charge is 2.16. The molecule has 1 unspecified atom stereocenters. The first-order valence-electron chi connectivity index (χ1n) is 4.27. The van der Waals surface area contributed by atoms with Crippen LogP contribution in [0.2, 0.25) is 0 Å². The van der Waals surface area contributed by atoms with Crippen LogP contribution >= 0.6 is 12.4 Å². The van der Waals surface area contributed by atoms with Crippen molar-refractivity contribution in [2.45, 2.75) is 19.6 Å². The number of ether oxygens (including phenoxy) is 1. The molecule has 1 fully saturated rings. The molecule has 2 N–H and O–H groups in total. The molecule has 0 spiro atoms. The van der Waals surface area contributed by atoms with Gasteiger partial charge in [-0.25, -0.2) is 0 Å². The van der Waals surface area contributed by atoms with E-state index in [4.69, 9.17) is 10.5 Å². The highest BCUT2D eigenvalue weighted by Crippen LogP contribution is 2.01. The van der Waals surface area contributed by atoms with Gasteiger partial charge in [-0.2, -0.15) is 0 Å². The van der Waals surface area contributed by atoms with E-state index in [1.54, 1.807) is 6.92 Å². The molecule has 0 aromatic heterocycles. The Morgan fingerprint density at radius 2 is 2.38 bits per heavy atom. The predicted octanol–water partition coefficient (Wildman–Crippen LogP) is 0.00430. The maximum atomic E-state index is 10.7. The van der Waals surface area contributed by atoms with Crippen LogP contribution in [0.4, 0.5) is 0 Å². The number of ketones is 1. The molecular weight excluding hydrogens is 192 g/mol. The van der Waals surface area contributed by atoms with E-state index in [2.05, 4.69) is 4.90 Å². The monoisotopic (exact) mass is 208 g/mol. The molecule has 78 valence electrons. The summed E-state index contributed by atoms with van der Waals surface area (Å²) in [5.74, 6) is 0.232. The van der Waals surface area contributed by atoms with Gasteiger partial charge in [-0.1, -0.05) is 0 Å². The summed E-state index contributed by atoms with van der Waals surface area (Å²) in [5.41, 5.74) is 5.58. The summed E-state index contributed by atoms with van der Waals surface area (Å²) >= 11 is 0. The first kappa shape index (κ1) is 12.8. The number of morpholine rings is 1. The van der Waals surface area contributed by atoms with Crippen molar-refractivity contribution in [1.29, 1.82) is 0 Å². The van der Waals surface area contributed by atoms with Gasteiger partial charge in [0.05, 0.1) is 6.61 Å². The fourth-order valence-corrected chi connectivity index (χ4v) is 1.25. The molecule has 1 aliphatic heterocycles. The summed E-state index contributed by atoms with van der Waals surface area (Å²) in [4.78, 5) is 12.8. The van der Waals surface area contributed by atoms with Crippen molar-refractivity contribution in [2.75, 3.05) is 26.2 Å². The molecule has 1 saturated heterocycles. The fourth-order valence-electron chi connectivity index (χ4n) is 1.25. The summed E-state index contributed by atoms with van der Waals surface area (Å²) in [6.45, 7) is 4.74.